The molecule has 0 aliphatic carbocycles. The van der Waals surface area contributed by atoms with Gasteiger partial charge in [-0.15, -0.1) is 0 Å². The van der Waals surface area contributed by atoms with Gasteiger partial charge in [-0.1, -0.05) is 71.2 Å². The molecule has 7 heteroatoms. The minimum Gasteiger partial charge on any atom is -0.489 e. The van der Waals surface area contributed by atoms with Crippen LogP contribution >= 0.6 is 35.0 Å². The van der Waals surface area contributed by atoms with Crippen LogP contribution in [-0.2, 0) is 17.9 Å². The molecule has 0 aromatic heterocycles. The van der Waals surface area contributed by atoms with Crippen molar-refractivity contribution in [2.24, 2.45) is 0 Å². The average molecular weight is 484 g/mol. The highest BCUT2D eigenvalue weighted by atomic mass is 35.5. The van der Waals surface area contributed by atoms with E-state index in [0.29, 0.717) is 27.1 Å². The van der Waals surface area contributed by atoms with E-state index >= 15 is 0 Å². The molecule has 2 amide bonds. The lowest BCUT2D eigenvalue weighted by Crippen LogP contribution is -2.27. The third-order valence-electron chi connectivity index (χ3n) is 4.88. The van der Waals surface area contributed by atoms with Crippen molar-refractivity contribution in [1.82, 2.24) is 4.90 Å². The number of aryl methyl sites for hydroxylation is 1. The topological polar surface area (TPSA) is 46.6 Å². The highest BCUT2D eigenvalue weighted by Crippen LogP contribution is 2.34. The Bertz CT molecular complexity index is 1210. The van der Waals surface area contributed by atoms with Crippen molar-refractivity contribution in [1.29, 1.82) is 0 Å². The maximum Gasteiger partial charge on any atom is 0.293 e. The van der Waals surface area contributed by atoms with Crippen LogP contribution in [-0.4, -0.2) is 16.0 Å². The molecule has 0 N–H and O–H groups in total. The number of carbonyl (C=O) groups excluding carboxylic acids is 2. The minimum atomic E-state index is -0.342. The van der Waals surface area contributed by atoms with Gasteiger partial charge in [-0.05, 0) is 65.7 Å². The molecule has 32 heavy (non-hydrogen) atoms. The molecule has 1 aliphatic heterocycles. The predicted molar refractivity (Wildman–Crippen MR) is 130 cm³/mol. The summed E-state index contributed by atoms with van der Waals surface area (Å²) in [6.07, 6.45) is 1.71. The number of nitrogens with zero attached hydrogens (tertiary/aromatic N) is 1. The van der Waals surface area contributed by atoms with Gasteiger partial charge in [-0.25, -0.2) is 0 Å². The smallest absolute Gasteiger partial charge is 0.293 e. The van der Waals surface area contributed by atoms with Crippen LogP contribution < -0.4 is 4.74 Å². The molecule has 162 valence electrons. The molecule has 3 aromatic rings. The molecular formula is C25H19Cl2NO3S. The van der Waals surface area contributed by atoms with Gasteiger partial charge in [-0.3, -0.25) is 14.5 Å². The lowest BCUT2D eigenvalue weighted by molar-refractivity contribution is -0.123. The molecule has 1 saturated heterocycles. The van der Waals surface area contributed by atoms with Gasteiger partial charge in [0.2, 0.25) is 0 Å². The fourth-order valence-corrected chi connectivity index (χ4v) is 4.54. The van der Waals surface area contributed by atoms with Gasteiger partial charge in [0.05, 0.1) is 11.4 Å². The minimum absolute atomic E-state index is 0.101. The second-order valence-electron chi connectivity index (χ2n) is 7.35. The van der Waals surface area contributed by atoms with Gasteiger partial charge in [0.15, 0.2) is 0 Å². The Morgan fingerprint density at radius 2 is 1.78 bits per heavy atom. The first-order chi connectivity index (χ1) is 15.4. The molecule has 0 spiro atoms. The summed E-state index contributed by atoms with van der Waals surface area (Å²) < 4.78 is 5.84. The van der Waals surface area contributed by atoms with Crippen molar-refractivity contribution >= 4 is 52.2 Å². The van der Waals surface area contributed by atoms with E-state index in [1.54, 1.807) is 24.3 Å². The zero-order valence-corrected chi connectivity index (χ0v) is 19.5. The Morgan fingerprint density at radius 1 is 1.00 bits per heavy atom. The lowest BCUT2D eigenvalue weighted by Gasteiger charge is -2.13. The van der Waals surface area contributed by atoms with E-state index in [9.17, 15) is 9.59 Å². The van der Waals surface area contributed by atoms with Crippen molar-refractivity contribution in [2.45, 2.75) is 20.1 Å². The summed E-state index contributed by atoms with van der Waals surface area (Å²) in [6.45, 7) is 2.63. The SMILES string of the molecule is Cc1cccc(COc2ccc(/C=C3/SC(=O)N(Cc4ccc(Cl)cc4Cl)C3=O)cc2)c1. The monoisotopic (exact) mass is 483 g/mol. The second-order valence-corrected chi connectivity index (χ2v) is 9.19. The van der Waals surface area contributed by atoms with Crippen LogP contribution in [0.2, 0.25) is 10.0 Å². The van der Waals surface area contributed by atoms with Crippen LogP contribution in [0.5, 0.6) is 5.75 Å². The Morgan fingerprint density at radius 3 is 2.50 bits per heavy atom. The summed E-state index contributed by atoms with van der Waals surface area (Å²) in [6, 6.07) is 20.6. The number of thioether (sulfide) groups is 1. The molecule has 1 fully saturated rings. The quantitative estimate of drug-likeness (QED) is 0.350. The zero-order chi connectivity index (χ0) is 22.7. The van der Waals surface area contributed by atoms with Crippen molar-refractivity contribution in [2.75, 3.05) is 0 Å². The Kier molecular flexibility index (Phi) is 6.89. The largest absolute Gasteiger partial charge is 0.489 e. The second kappa shape index (κ2) is 9.82. The van der Waals surface area contributed by atoms with Crippen LogP contribution in [0.15, 0.2) is 71.6 Å². The van der Waals surface area contributed by atoms with E-state index in [1.807, 2.05) is 49.4 Å². The lowest BCUT2D eigenvalue weighted by atomic mass is 10.1. The first-order valence-corrected chi connectivity index (χ1v) is 11.4. The number of hydrogen-bond donors (Lipinski definition) is 0. The van der Waals surface area contributed by atoms with Gasteiger partial charge in [-0.2, -0.15) is 0 Å². The fraction of sp³-hybridized carbons (Fsp3) is 0.120. The summed E-state index contributed by atoms with van der Waals surface area (Å²) in [5.41, 5.74) is 3.76. The van der Waals surface area contributed by atoms with Crippen molar-refractivity contribution < 1.29 is 14.3 Å². The van der Waals surface area contributed by atoms with Crippen molar-refractivity contribution in [3.8, 4) is 5.75 Å². The number of rotatable bonds is 6. The van der Waals surface area contributed by atoms with Gasteiger partial charge in [0.1, 0.15) is 12.4 Å². The molecule has 4 nitrogen and oxygen atoms in total. The van der Waals surface area contributed by atoms with Crippen molar-refractivity contribution in [3.05, 3.63) is 104 Å². The van der Waals surface area contributed by atoms with Crippen LogP contribution in [0.4, 0.5) is 4.79 Å². The third-order valence-corrected chi connectivity index (χ3v) is 6.38. The maximum absolute atomic E-state index is 12.8. The number of amides is 2. The molecule has 0 radical (unpaired) electrons. The summed E-state index contributed by atoms with van der Waals surface area (Å²) in [7, 11) is 0. The first kappa shape index (κ1) is 22.5. The van der Waals surface area contributed by atoms with E-state index in [1.165, 1.54) is 10.5 Å². The molecule has 4 rings (SSSR count). The van der Waals surface area contributed by atoms with Crippen molar-refractivity contribution in [3.63, 3.8) is 0 Å². The highest BCUT2D eigenvalue weighted by molar-refractivity contribution is 8.18. The van der Waals surface area contributed by atoms with Gasteiger partial charge in [0.25, 0.3) is 11.1 Å². The standard InChI is InChI=1S/C25H19Cl2NO3S/c1-16-3-2-4-18(11-16)15-31-21-9-5-17(6-10-21)12-23-24(29)28(25(30)32-23)14-19-7-8-20(26)13-22(19)27/h2-13H,14-15H2,1H3/b23-12+. The van der Waals surface area contributed by atoms with E-state index in [-0.39, 0.29) is 17.7 Å². The van der Waals surface area contributed by atoms with Gasteiger partial charge in [0, 0.05) is 10.0 Å². The normalized spacial score (nSPS) is 15.0. The average Bonchev–Trinajstić information content (AvgIpc) is 3.02. The number of benzene rings is 3. The van der Waals surface area contributed by atoms with Crippen LogP contribution in [0, 0.1) is 6.92 Å². The van der Waals surface area contributed by atoms with Gasteiger partial charge < -0.3 is 4.74 Å². The summed E-state index contributed by atoms with van der Waals surface area (Å²) >= 11 is 13.0. The number of halogens is 2. The number of hydrogen-bond acceptors (Lipinski definition) is 4. The van der Waals surface area contributed by atoms with E-state index in [2.05, 4.69) is 6.07 Å². The molecule has 0 atom stereocenters. The molecule has 0 saturated carbocycles. The number of ether oxygens (including phenoxy) is 1. The molecule has 1 heterocycles. The van der Waals surface area contributed by atoms with Crippen LogP contribution in [0.25, 0.3) is 6.08 Å². The number of imide groups is 1. The molecule has 0 unspecified atom stereocenters. The van der Waals surface area contributed by atoms with Gasteiger partial charge >= 0.3 is 0 Å². The number of carbonyl (C=O) groups is 2. The van der Waals surface area contributed by atoms with E-state index in [0.717, 1.165) is 28.6 Å². The Hall–Kier alpha value is -2.73. The highest BCUT2D eigenvalue weighted by Gasteiger charge is 2.35. The maximum atomic E-state index is 12.8. The Balaban J connectivity index is 1.42. The summed E-state index contributed by atoms with van der Waals surface area (Å²) in [5.74, 6) is 0.389. The zero-order valence-electron chi connectivity index (χ0n) is 17.2. The predicted octanol–water partition coefficient (Wildman–Crippen LogP) is 7.12. The first-order valence-electron chi connectivity index (χ1n) is 9.87. The molecular weight excluding hydrogens is 465 g/mol. The van der Waals surface area contributed by atoms with E-state index < -0.39 is 0 Å². The molecule has 0 bridgehead atoms. The summed E-state index contributed by atoms with van der Waals surface area (Å²) in [4.78, 5) is 26.7. The van der Waals surface area contributed by atoms with E-state index in [4.69, 9.17) is 27.9 Å². The third kappa shape index (κ3) is 5.36. The molecule has 3 aromatic carbocycles. The van der Waals surface area contributed by atoms with Crippen LogP contribution in [0.1, 0.15) is 22.3 Å². The Labute approximate surface area is 200 Å². The summed E-state index contributed by atoms with van der Waals surface area (Å²) in [5, 5.41) is 0.589. The van der Waals surface area contributed by atoms with Crippen LogP contribution in [0.3, 0.4) is 0 Å². The fourth-order valence-electron chi connectivity index (χ4n) is 3.24. The molecule has 1 aliphatic rings.